The van der Waals surface area contributed by atoms with Crippen LogP contribution in [0.15, 0.2) is 16.5 Å². The van der Waals surface area contributed by atoms with Gasteiger partial charge >= 0.3 is 0 Å². The second kappa shape index (κ2) is 3.74. The molecule has 1 heterocycles. The Bertz CT molecular complexity index is 388. The number of hydrogen-bond donors (Lipinski definition) is 0. The molecule has 0 N–H and O–H groups in total. The minimum Gasteiger partial charge on any atom is -0.457 e. The fraction of sp³-hybridized carbons (Fsp3) is 0.375. The Morgan fingerprint density at radius 3 is 2.62 bits per heavy atom. The average molecular weight is 202 g/mol. The minimum atomic E-state index is -3.08. The summed E-state index contributed by atoms with van der Waals surface area (Å²) in [5.41, 5.74) is 0. The van der Waals surface area contributed by atoms with Gasteiger partial charge in [0.15, 0.2) is 21.9 Å². The molecule has 1 aromatic rings. The van der Waals surface area contributed by atoms with Crippen LogP contribution in [0.3, 0.4) is 0 Å². The quantitative estimate of drug-likeness (QED) is 0.684. The second-order valence-corrected chi connectivity index (χ2v) is 4.95. The lowest BCUT2D eigenvalue weighted by Crippen LogP contribution is -2.05. The number of hydrogen-bond acceptors (Lipinski definition) is 4. The van der Waals surface area contributed by atoms with Crippen molar-refractivity contribution in [1.29, 1.82) is 0 Å². The average Bonchev–Trinajstić information content (AvgIpc) is 2.52. The van der Waals surface area contributed by atoms with Gasteiger partial charge in [-0.1, -0.05) is 6.92 Å². The predicted molar refractivity (Wildman–Crippen MR) is 47.3 cm³/mol. The zero-order valence-corrected chi connectivity index (χ0v) is 8.00. The predicted octanol–water partition coefficient (Wildman–Crippen LogP) is 1.03. The lowest BCUT2D eigenvalue weighted by atomic mass is 10.4. The molecule has 0 unspecified atom stereocenters. The van der Waals surface area contributed by atoms with E-state index in [9.17, 15) is 13.2 Å². The molecule has 72 valence electrons. The summed E-state index contributed by atoms with van der Waals surface area (Å²) in [6.45, 7) is 1.57. The first kappa shape index (κ1) is 9.98. The molecule has 0 atom stereocenters. The maximum atomic E-state index is 11.1. The first-order valence-corrected chi connectivity index (χ1v) is 5.64. The Morgan fingerprint density at radius 2 is 2.15 bits per heavy atom. The van der Waals surface area contributed by atoms with Gasteiger partial charge in [0, 0.05) is 5.75 Å². The minimum absolute atomic E-state index is 0.0735. The van der Waals surface area contributed by atoms with Gasteiger partial charge in [0.1, 0.15) is 11.5 Å². The number of furan rings is 1. The van der Waals surface area contributed by atoms with Gasteiger partial charge in [-0.05, 0) is 12.1 Å². The van der Waals surface area contributed by atoms with E-state index < -0.39 is 9.84 Å². The SMILES string of the molecule is CCS(=O)(=O)Cc1ccc(C=O)o1. The van der Waals surface area contributed by atoms with Gasteiger partial charge in [0.2, 0.25) is 0 Å². The van der Waals surface area contributed by atoms with E-state index >= 15 is 0 Å². The molecule has 1 rings (SSSR count). The summed E-state index contributed by atoms with van der Waals surface area (Å²) in [5.74, 6) is 0.395. The van der Waals surface area contributed by atoms with Crippen LogP contribution in [-0.2, 0) is 15.6 Å². The molecule has 0 aliphatic rings. The lowest BCUT2D eigenvalue weighted by Gasteiger charge is -1.95. The largest absolute Gasteiger partial charge is 0.457 e. The van der Waals surface area contributed by atoms with Gasteiger partial charge in [0.25, 0.3) is 0 Å². The van der Waals surface area contributed by atoms with Crippen LogP contribution < -0.4 is 0 Å². The van der Waals surface area contributed by atoms with Crippen molar-refractivity contribution in [3.63, 3.8) is 0 Å². The Hall–Kier alpha value is -1.10. The number of carbonyl (C=O) groups excluding carboxylic acids is 1. The number of carbonyl (C=O) groups is 1. The Labute approximate surface area is 76.5 Å². The molecule has 0 saturated heterocycles. The van der Waals surface area contributed by atoms with Crippen molar-refractivity contribution in [2.45, 2.75) is 12.7 Å². The summed E-state index contributed by atoms with van der Waals surface area (Å²) < 4.78 is 27.2. The van der Waals surface area contributed by atoms with Crippen molar-refractivity contribution in [2.24, 2.45) is 0 Å². The van der Waals surface area contributed by atoms with Crippen molar-refractivity contribution in [2.75, 3.05) is 5.75 Å². The van der Waals surface area contributed by atoms with Gasteiger partial charge in [-0.15, -0.1) is 0 Å². The van der Waals surface area contributed by atoms with Gasteiger partial charge in [-0.3, -0.25) is 4.79 Å². The molecule has 0 radical (unpaired) electrons. The van der Waals surface area contributed by atoms with Crippen molar-refractivity contribution in [3.8, 4) is 0 Å². The highest BCUT2D eigenvalue weighted by Gasteiger charge is 2.11. The zero-order valence-electron chi connectivity index (χ0n) is 7.19. The molecule has 0 bridgehead atoms. The number of rotatable bonds is 4. The highest BCUT2D eigenvalue weighted by molar-refractivity contribution is 7.90. The third-order valence-electron chi connectivity index (χ3n) is 1.60. The monoisotopic (exact) mass is 202 g/mol. The summed E-state index contributed by atoms with van der Waals surface area (Å²) in [6.07, 6.45) is 0.544. The van der Waals surface area contributed by atoms with E-state index in [-0.39, 0.29) is 17.3 Å². The van der Waals surface area contributed by atoms with Crippen LogP contribution in [0.2, 0.25) is 0 Å². The molecule has 0 amide bonds. The number of aldehydes is 1. The molecule has 13 heavy (non-hydrogen) atoms. The molecule has 0 saturated carbocycles. The highest BCUT2D eigenvalue weighted by atomic mass is 32.2. The third kappa shape index (κ3) is 2.69. The topological polar surface area (TPSA) is 64.3 Å². The van der Waals surface area contributed by atoms with Crippen molar-refractivity contribution in [3.05, 3.63) is 23.7 Å². The van der Waals surface area contributed by atoms with Crippen LogP contribution in [0.1, 0.15) is 23.2 Å². The smallest absolute Gasteiger partial charge is 0.185 e. The molecule has 0 aromatic carbocycles. The highest BCUT2D eigenvalue weighted by Crippen LogP contribution is 2.10. The number of sulfone groups is 1. The Morgan fingerprint density at radius 1 is 1.46 bits per heavy atom. The van der Waals surface area contributed by atoms with E-state index in [1.165, 1.54) is 12.1 Å². The summed E-state index contributed by atoms with van der Waals surface area (Å²) in [6, 6.07) is 2.95. The summed E-state index contributed by atoms with van der Waals surface area (Å²) in [7, 11) is -3.08. The van der Waals surface area contributed by atoms with Crippen LogP contribution in [0.4, 0.5) is 0 Å². The van der Waals surface area contributed by atoms with Crippen molar-refractivity contribution in [1.82, 2.24) is 0 Å². The molecule has 0 fully saturated rings. The van der Waals surface area contributed by atoms with E-state index in [0.29, 0.717) is 12.0 Å². The van der Waals surface area contributed by atoms with E-state index in [4.69, 9.17) is 4.42 Å². The molecule has 0 spiro atoms. The van der Waals surface area contributed by atoms with Gasteiger partial charge in [-0.2, -0.15) is 0 Å². The van der Waals surface area contributed by atoms with E-state index in [1.54, 1.807) is 6.92 Å². The van der Waals surface area contributed by atoms with E-state index in [2.05, 4.69) is 0 Å². The fourth-order valence-electron chi connectivity index (χ4n) is 0.854. The lowest BCUT2D eigenvalue weighted by molar-refractivity contribution is 0.109. The summed E-state index contributed by atoms with van der Waals surface area (Å²) >= 11 is 0. The standard InChI is InChI=1S/C8H10O4S/c1-2-13(10,11)6-8-4-3-7(5-9)12-8/h3-5H,2,6H2,1H3. The molecule has 4 nitrogen and oxygen atoms in total. The first-order chi connectivity index (χ1) is 6.07. The summed E-state index contributed by atoms with van der Waals surface area (Å²) in [4.78, 5) is 10.2. The van der Waals surface area contributed by atoms with Gasteiger partial charge in [-0.25, -0.2) is 8.42 Å². The van der Waals surface area contributed by atoms with Crippen molar-refractivity contribution >= 4 is 16.1 Å². The maximum absolute atomic E-state index is 11.1. The normalized spacial score (nSPS) is 11.5. The molecular weight excluding hydrogens is 192 g/mol. The zero-order chi connectivity index (χ0) is 9.90. The van der Waals surface area contributed by atoms with Crippen LogP contribution in [0, 0.1) is 0 Å². The van der Waals surface area contributed by atoms with E-state index in [0.717, 1.165) is 0 Å². The molecule has 5 heteroatoms. The maximum Gasteiger partial charge on any atom is 0.185 e. The van der Waals surface area contributed by atoms with Crippen LogP contribution >= 0.6 is 0 Å². The Balaban J connectivity index is 2.81. The van der Waals surface area contributed by atoms with E-state index in [1.807, 2.05) is 0 Å². The summed E-state index contributed by atoms with van der Waals surface area (Å²) in [5, 5.41) is 0. The second-order valence-electron chi connectivity index (χ2n) is 2.60. The Kier molecular flexibility index (Phi) is 2.87. The third-order valence-corrected chi connectivity index (χ3v) is 3.20. The first-order valence-electron chi connectivity index (χ1n) is 3.81. The van der Waals surface area contributed by atoms with Gasteiger partial charge < -0.3 is 4.42 Å². The molecule has 0 aliphatic carbocycles. The molecule has 1 aromatic heterocycles. The van der Waals surface area contributed by atoms with Crippen LogP contribution in [-0.4, -0.2) is 20.5 Å². The van der Waals surface area contributed by atoms with Crippen LogP contribution in [0.25, 0.3) is 0 Å². The molecular formula is C8H10O4S. The van der Waals surface area contributed by atoms with Crippen molar-refractivity contribution < 1.29 is 17.6 Å². The fourth-order valence-corrected chi connectivity index (χ4v) is 1.65. The molecule has 0 aliphatic heterocycles. The van der Waals surface area contributed by atoms with Crippen LogP contribution in [0.5, 0.6) is 0 Å². The van der Waals surface area contributed by atoms with Gasteiger partial charge in [0.05, 0.1) is 0 Å².